The van der Waals surface area contributed by atoms with E-state index in [0.29, 0.717) is 11.3 Å². The highest BCUT2D eigenvalue weighted by atomic mass is 32.2. The largest absolute Gasteiger partial charge is 0.508 e. The summed E-state index contributed by atoms with van der Waals surface area (Å²) in [5.74, 6) is -0.502. The molecule has 2 rings (SSSR count). The molecule has 0 bridgehead atoms. The predicted molar refractivity (Wildman–Crippen MR) is 101 cm³/mol. The van der Waals surface area contributed by atoms with Crippen molar-refractivity contribution in [2.45, 2.75) is 54.7 Å². The molecule has 0 saturated heterocycles. The molecule has 0 aliphatic rings. The Kier molecular flexibility index (Phi) is 7.66. The van der Waals surface area contributed by atoms with E-state index in [9.17, 15) is 20.1 Å². The average molecular weight is 376 g/mol. The number of aryl methyl sites for hydroxylation is 1. The predicted octanol–water partition coefficient (Wildman–Crippen LogP) is 4.92. The Labute approximate surface area is 157 Å². The molecule has 0 unspecified atom stereocenters. The zero-order valence-corrected chi connectivity index (χ0v) is 15.3. The van der Waals surface area contributed by atoms with Crippen LogP contribution in [0.5, 0.6) is 17.2 Å². The molecule has 140 valence electrons. The molecule has 6 heteroatoms. The fraction of sp³-hybridized carbons (Fsp3) is 0.350. The lowest BCUT2D eigenvalue weighted by Crippen LogP contribution is -1.94. The molecule has 0 aliphatic carbocycles. The van der Waals surface area contributed by atoms with Crippen LogP contribution in [-0.2, 0) is 11.2 Å². The number of unbranched alkanes of at least 4 members (excludes halogenated alkanes) is 4. The number of carboxylic acids is 1. The van der Waals surface area contributed by atoms with Crippen LogP contribution >= 0.6 is 11.8 Å². The molecular formula is C20H24O5S. The standard InChI is InChI=1S/C20H24O5S/c21-15-8-10-18(26-19-11-9-16(22)13-17(19)23)14(12-15)6-4-2-1-3-5-7-20(24)25/h8-13,21-23H,1-7H2,(H,24,25). The summed E-state index contributed by atoms with van der Waals surface area (Å²) in [7, 11) is 0. The molecule has 0 amide bonds. The highest BCUT2D eigenvalue weighted by molar-refractivity contribution is 7.99. The van der Waals surface area contributed by atoms with E-state index in [4.69, 9.17) is 5.11 Å². The highest BCUT2D eigenvalue weighted by Crippen LogP contribution is 2.39. The van der Waals surface area contributed by atoms with Gasteiger partial charge in [0.05, 0.1) is 4.90 Å². The van der Waals surface area contributed by atoms with Gasteiger partial charge in [0, 0.05) is 17.4 Å². The van der Waals surface area contributed by atoms with Crippen LogP contribution in [0, 0.1) is 0 Å². The van der Waals surface area contributed by atoms with Gasteiger partial charge in [0.25, 0.3) is 0 Å². The van der Waals surface area contributed by atoms with Gasteiger partial charge in [0.15, 0.2) is 0 Å². The zero-order valence-electron chi connectivity index (χ0n) is 14.5. The minimum Gasteiger partial charge on any atom is -0.508 e. The second-order valence-electron chi connectivity index (χ2n) is 6.21. The van der Waals surface area contributed by atoms with Gasteiger partial charge in [0.1, 0.15) is 17.2 Å². The van der Waals surface area contributed by atoms with Gasteiger partial charge in [-0.25, -0.2) is 0 Å². The number of aliphatic carboxylic acids is 1. The van der Waals surface area contributed by atoms with Crippen LogP contribution in [0.25, 0.3) is 0 Å². The van der Waals surface area contributed by atoms with E-state index >= 15 is 0 Å². The Bertz CT molecular complexity index is 745. The maximum Gasteiger partial charge on any atom is 0.303 e. The number of rotatable bonds is 10. The molecule has 0 fully saturated rings. The monoisotopic (exact) mass is 376 g/mol. The van der Waals surface area contributed by atoms with Crippen LogP contribution in [-0.4, -0.2) is 26.4 Å². The molecule has 0 saturated carbocycles. The average Bonchev–Trinajstić information content (AvgIpc) is 2.58. The van der Waals surface area contributed by atoms with Crippen LogP contribution in [0.1, 0.15) is 44.1 Å². The number of carboxylic acid groups (broad SMARTS) is 1. The van der Waals surface area contributed by atoms with E-state index in [2.05, 4.69) is 0 Å². The van der Waals surface area contributed by atoms with E-state index in [0.717, 1.165) is 42.6 Å². The second kappa shape index (κ2) is 9.97. The van der Waals surface area contributed by atoms with Crippen LogP contribution in [0.3, 0.4) is 0 Å². The first-order chi connectivity index (χ1) is 12.5. The molecule has 0 aromatic heterocycles. The minimum absolute atomic E-state index is 0.0145. The van der Waals surface area contributed by atoms with Gasteiger partial charge in [-0.2, -0.15) is 0 Å². The summed E-state index contributed by atoms with van der Waals surface area (Å²) >= 11 is 1.40. The van der Waals surface area contributed by atoms with Crippen LogP contribution in [0.15, 0.2) is 46.2 Å². The lowest BCUT2D eigenvalue weighted by Gasteiger charge is -2.11. The molecular weight excluding hydrogens is 352 g/mol. The Morgan fingerprint density at radius 2 is 1.42 bits per heavy atom. The van der Waals surface area contributed by atoms with Gasteiger partial charge in [-0.1, -0.05) is 31.0 Å². The Morgan fingerprint density at radius 3 is 2.12 bits per heavy atom. The summed E-state index contributed by atoms with van der Waals surface area (Å²) in [6, 6.07) is 9.68. The SMILES string of the molecule is O=C(O)CCCCCCCc1cc(O)ccc1Sc1ccc(O)cc1O. The van der Waals surface area contributed by atoms with E-state index in [1.54, 1.807) is 18.2 Å². The smallest absolute Gasteiger partial charge is 0.303 e. The van der Waals surface area contributed by atoms with Crippen molar-refractivity contribution in [3.05, 3.63) is 42.0 Å². The first-order valence-electron chi connectivity index (χ1n) is 8.69. The molecule has 2 aromatic rings. The van der Waals surface area contributed by atoms with Crippen molar-refractivity contribution in [2.24, 2.45) is 0 Å². The molecule has 0 aliphatic heterocycles. The van der Waals surface area contributed by atoms with E-state index in [-0.39, 0.29) is 23.7 Å². The van der Waals surface area contributed by atoms with E-state index in [1.807, 2.05) is 6.07 Å². The van der Waals surface area contributed by atoms with Crippen molar-refractivity contribution in [3.8, 4) is 17.2 Å². The number of aromatic hydroxyl groups is 3. The summed E-state index contributed by atoms with van der Waals surface area (Å²) in [6.07, 6.45) is 5.60. The molecule has 26 heavy (non-hydrogen) atoms. The van der Waals surface area contributed by atoms with Crippen LogP contribution in [0.4, 0.5) is 0 Å². The summed E-state index contributed by atoms with van der Waals surface area (Å²) in [6.45, 7) is 0. The third-order valence-electron chi connectivity index (χ3n) is 4.04. The third-order valence-corrected chi connectivity index (χ3v) is 5.23. The first-order valence-corrected chi connectivity index (χ1v) is 9.51. The second-order valence-corrected chi connectivity index (χ2v) is 7.29. The lowest BCUT2D eigenvalue weighted by molar-refractivity contribution is -0.137. The minimum atomic E-state index is -0.746. The number of hydrogen-bond donors (Lipinski definition) is 4. The van der Waals surface area contributed by atoms with Crippen LogP contribution < -0.4 is 0 Å². The number of benzene rings is 2. The Morgan fingerprint density at radius 1 is 0.808 bits per heavy atom. The van der Waals surface area contributed by atoms with E-state index in [1.165, 1.54) is 23.9 Å². The Balaban J connectivity index is 1.91. The zero-order chi connectivity index (χ0) is 18.9. The lowest BCUT2D eigenvalue weighted by atomic mass is 10.0. The summed E-state index contributed by atoms with van der Waals surface area (Å²) in [4.78, 5) is 12.1. The molecule has 5 nitrogen and oxygen atoms in total. The van der Waals surface area contributed by atoms with Gasteiger partial charge in [-0.15, -0.1) is 0 Å². The van der Waals surface area contributed by atoms with Crippen molar-refractivity contribution < 1.29 is 25.2 Å². The van der Waals surface area contributed by atoms with Crippen molar-refractivity contribution in [3.63, 3.8) is 0 Å². The van der Waals surface area contributed by atoms with Gasteiger partial charge < -0.3 is 20.4 Å². The fourth-order valence-electron chi connectivity index (χ4n) is 2.69. The summed E-state index contributed by atoms with van der Waals surface area (Å²) in [5.41, 5.74) is 1.01. The van der Waals surface area contributed by atoms with Crippen molar-refractivity contribution in [2.75, 3.05) is 0 Å². The third kappa shape index (κ3) is 6.52. The quantitative estimate of drug-likeness (QED) is 0.439. The number of phenols is 3. The molecule has 2 aromatic carbocycles. The normalized spacial score (nSPS) is 10.8. The Hall–Kier alpha value is -2.34. The van der Waals surface area contributed by atoms with Crippen molar-refractivity contribution in [1.29, 1.82) is 0 Å². The first kappa shape index (κ1) is 20.0. The van der Waals surface area contributed by atoms with Gasteiger partial charge in [-0.05, 0) is 55.2 Å². The van der Waals surface area contributed by atoms with Crippen LogP contribution in [0.2, 0.25) is 0 Å². The highest BCUT2D eigenvalue weighted by Gasteiger charge is 2.10. The summed E-state index contributed by atoms with van der Waals surface area (Å²) < 4.78 is 0. The molecule has 0 radical (unpaired) electrons. The molecule has 0 heterocycles. The van der Waals surface area contributed by atoms with Crippen molar-refractivity contribution >= 4 is 17.7 Å². The molecule has 0 atom stereocenters. The number of hydrogen-bond acceptors (Lipinski definition) is 5. The topological polar surface area (TPSA) is 98.0 Å². The maximum atomic E-state index is 10.5. The summed E-state index contributed by atoms with van der Waals surface area (Å²) in [5, 5.41) is 37.7. The number of phenolic OH excluding ortho intramolecular Hbond substituents is 3. The molecule has 4 N–H and O–H groups in total. The van der Waals surface area contributed by atoms with Gasteiger partial charge in [0.2, 0.25) is 0 Å². The van der Waals surface area contributed by atoms with Gasteiger partial charge >= 0.3 is 5.97 Å². The number of carbonyl (C=O) groups is 1. The molecule has 0 spiro atoms. The van der Waals surface area contributed by atoms with Crippen molar-refractivity contribution in [1.82, 2.24) is 0 Å². The van der Waals surface area contributed by atoms with E-state index < -0.39 is 5.97 Å². The maximum absolute atomic E-state index is 10.5. The van der Waals surface area contributed by atoms with Gasteiger partial charge in [-0.3, -0.25) is 4.79 Å². The fourth-order valence-corrected chi connectivity index (χ4v) is 3.66.